The summed E-state index contributed by atoms with van der Waals surface area (Å²) >= 11 is 0. The van der Waals surface area contributed by atoms with E-state index in [-0.39, 0.29) is 6.42 Å². The minimum atomic E-state index is -4.72. The van der Waals surface area contributed by atoms with Gasteiger partial charge >= 0.3 is 13.5 Å². The van der Waals surface area contributed by atoms with Gasteiger partial charge in [-0.05, 0) is 13.8 Å². The molecule has 0 bridgehead atoms. The van der Waals surface area contributed by atoms with Crippen molar-refractivity contribution in [1.82, 2.24) is 9.55 Å². The van der Waals surface area contributed by atoms with Crippen LogP contribution in [0.4, 0.5) is 0 Å². The molecular weight excluding hydrogens is 319 g/mol. The fourth-order valence-corrected chi connectivity index (χ4v) is 2.90. The van der Waals surface area contributed by atoms with E-state index in [9.17, 15) is 19.3 Å². The van der Waals surface area contributed by atoms with Crippen LogP contribution in [0.2, 0.25) is 0 Å². The Bertz CT molecular complexity index is 707. The van der Waals surface area contributed by atoms with Crippen molar-refractivity contribution in [2.24, 2.45) is 0 Å². The summed E-state index contributed by atoms with van der Waals surface area (Å²) < 4.78 is 21.9. The third-order valence-electron chi connectivity index (χ3n) is 3.36. The molecule has 1 unspecified atom stereocenters. The highest BCUT2D eigenvalue weighted by atomic mass is 31.2. The minimum absolute atomic E-state index is 0.0188. The molecule has 1 aliphatic heterocycles. The number of nitrogens with one attached hydrogen (secondary N) is 1. The van der Waals surface area contributed by atoms with E-state index in [1.807, 2.05) is 0 Å². The summed E-state index contributed by atoms with van der Waals surface area (Å²) in [6, 6.07) is 0. The number of H-pyrrole nitrogens is 1. The van der Waals surface area contributed by atoms with Crippen molar-refractivity contribution in [3.05, 3.63) is 32.6 Å². The van der Waals surface area contributed by atoms with E-state index < -0.39 is 43.6 Å². The normalized spacial score (nSPS) is 27.0. The molecule has 1 aromatic rings. The van der Waals surface area contributed by atoms with E-state index >= 15 is 0 Å². The van der Waals surface area contributed by atoms with Crippen LogP contribution in [0.25, 0.3) is 0 Å². The zero-order valence-corrected chi connectivity index (χ0v) is 12.8. The van der Waals surface area contributed by atoms with Crippen LogP contribution < -0.4 is 11.2 Å². The van der Waals surface area contributed by atoms with Crippen molar-refractivity contribution in [3.63, 3.8) is 0 Å². The molecule has 11 heteroatoms. The van der Waals surface area contributed by atoms with E-state index in [0.29, 0.717) is 5.56 Å². The van der Waals surface area contributed by atoms with E-state index in [1.54, 1.807) is 0 Å². The van der Waals surface area contributed by atoms with Crippen molar-refractivity contribution in [2.45, 2.75) is 44.8 Å². The lowest BCUT2D eigenvalue weighted by Crippen LogP contribution is -2.35. The highest BCUT2D eigenvalue weighted by molar-refractivity contribution is 7.46. The number of nitrogens with zero attached hydrogens (tertiary/aromatic N) is 1. The predicted molar refractivity (Wildman–Crippen MR) is 73.2 cm³/mol. The lowest BCUT2D eigenvalue weighted by molar-refractivity contribution is -0.0749. The molecule has 22 heavy (non-hydrogen) atoms. The molecule has 0 amide bonds. The first-order valence-corrected chi connectivity index (χ1v) is 8.01. The molecule has 124 valence electrons. The molecule has 0 aromatic carbocycles. The standard InChI is InChI=1S/C11H17N2O8P/c1-5-4-13(11(16)12-10(5)15)8-3-7(14)9(20-8)6(2)21-22(17,18)19/h4,6-9,14H,3H2,1-2H3,(H,12,15,16)(H2,17,18,19)/t6-,7?,8-,9-/m1/s1. The van der Waals surface area contributed by atoms with Gasteiger partial charge in [0.05, 0.1) is 12.2 Å². The molecule has 0 saturated carbocycles. The number of rotatable bonds is 4. The maximum atomic E-state index is 11.8. The van der Waals surface area contributed by atoms with Gasteiger partial charge < -0.3 is 19.6 Å². The van der Waals surface area contributed by atoms with Gasteiger partial charge in [-0.25, -0.2) is 9.36 Å². The smallest absolute Gasteiger partial charge is 0.390 e. The van der Waals surface area contributed by atoms with E-state index in [0.717, 1.165) is 4.57 Å². The maximum Gasteiger partial charge on any atom is 0.469 e. The van der Waals surface area contributed by atoms with Crippen LogP contribution in [-0.2, 0) is 13.8 Å². The SMILES string of the molecule is Cc1cn([C@H]2CC(O)[C@@H]([C@@H](C)OP(=O)(O)O)O2)c(=O)[nH]c1=O. The van der Waals surface area contributed by atoms with Crippen molar-refractivity contribution >= 4 is 7.82 Å². The van der Waals surface area contributed by atoms with Crippen molar-refractivity contribution in [1.29, 1.82) is 0 Å². The van der Waals surface area contributed by atoms with Crippen molar-refractivity contribution in [2.75, 3.05) is 0 Å². The zero-order chi connectivity index (χ0) is 16.7. The Balaban J connectivity index is 2.21. The van der Waals surface area contributed by atoms with Gasteiger partial charge in [-0.1, -0.05) is 0 Å². The third-order valence-corrected chi connectivity index (χ3v) is 3.97. The number of aromatic amines is 1. The lowest BCUT2D eigenvalue weighted by atomic mass is 10.1. The Labute approximate surface area is 124 Å². The summed E-state index contributed by atoms with van der Waals surface area (Å²) in [7, 11) is -4.72. The van der Waals surface area contributed by atoms with Crippen LogP contribution in [0, 0.1) is 6.92 Å². The van der Waals surface area contributed by atoms with Crippen molar-refractivity contribution < 1.29 is 28.7 Å². The Kier molecular flexibility index (Phi) is 4.71. The lowest BCUT2D eigenvalue weighted by Gasteiger charge is -2.22. The van der Waals surface area contributed by atoms with Gasteiger partial charge in [0, 0.05) is 18.2 Å². The molecular formula is C11H17N2O8P. The second-order valence-electron chi connectivity index (χ2n) is 5.14. The van der Waals surface area contributed by atoms with Crippen LogP contribution in [0.3, 0.4) is 0 Å². The summed E-state index contributed by atoms with van der Waals surface area (Å²) in [5.74, 6) is 0. The number of aliphatic hydroxyl groups is 1. The number of aryl methyl sites for hydroxylation is 1. The van der Waals surface area contributed by atoms with E-state index in [2.05, 4.69) is 9.51 Å². The zero-order valence-electron chi connectivity index (χ0n) is 11.9. The first-order valence-electron chi connectivity index (χ1n) is 6.48. The van der Waals surface area contributed by atoms with Gasteiger partial charge in [0.2, 0.25) is 0 Å². The first-order chi connectivity index (χ1) is 10.1. The summed E-state index contributed by atoms with van der Waals surface area (Å²) in [5.41, 5.74) is -0.924. The number of hydrogen-bond acceptors (Lipinski definition) is 6. The number of aliphatic hydroxyl groups excluding tert-OH is 1. The molecule has 10 nitrogen and oxygen atoms in total. The largest absolute Gasteiger partial charge is 0.469 e. The summed E-state index contributed by atoms with van der Waals surface area (Å²) in [6.45, 7) is 2.85. The van der Waals surface area contributed by atoms with Crippen molar-refractivity contribution in [3.8, 4) is 0 Å². The molecule has 2 rings (SSSR count). The van der Waals surface area contributed by atoms with Gasteiger partial charge in [0.1, 0.15) is 12.3 Å². The Morgan fingerprint density at radius 1 is 1.50 bits per heavy atom. The topological polar surface area (TPSA) is 151 Å². The fourth-order valence-electron chi connectivity index (χ4n) is 2.35. The van der Waals surface area contributed by atoms with Crippen LogP contribution in [0.1, 0.15) is 25.1 Å². The van der Waals surface area contributed by atoms with Crippen LogP contribution in [0.5, 0.6) is 0 Å². The van der Waals surface area contributed by atoms with Crippen LogP contribution in [0.15, 0.2) is 15.8 Å². The molecule has 0 aliphatic carbocycles. The van der Waals surface area contributed by atoms with Gasteiger partial charge in [0.25, 0.3) is 5.56 Å². The summed E-state index contributed by atoms with van der Waals surface area (Å²) in [5, 5.41) is 9.96. The quantitative estimate of drug-likeness (QED) is 0.511. The molecule has 0 radical (unpaired) electrons. The van der Waals surface area contributed by atoms with Crippen LogP contribution in [-0.4, -0.2) is 42.8 Å². The number of phosphoric ester groups is 1. The highest BCUT2D eigenvalue weighted by Crippen LogP contribution is 2.41. The minimum Gasteiger partial charge on any atom is -0.390 e. The summed E-state index contributed by atoms with van der Waals surface area (Å²) in [4.78, 5) is 42.8. The van der Waals surface area contributed by atoms with Crippen LogP contribution >= 0.6 is 7.82 Å². The molecule has 1 fully saturated rings. The number of aromatic nitrogens is 2. The van der Waals surface area contributed by atoms with E-state index in [1.165, 1.54) is 20.0 Å². The average molecular weight is 336 g/mol. The second kappa shape index (κ2) is 6.07. The Morgan fingerprint density at radius 3 is 2.73 bits per heavy atom. The molecule has 1 saturated heterocycles. The fraction of sp³-hybridized carbons (Fsp3) is 0.636. The molecule has 2 heterocycles. The number of phosphoric acid groups is 1. The molecule has 4 atom stereocenters. The predicted octanol–water partition coefficient (Wildman–Crippen LogP) is -1.01. The second-order valence-corrected chi connectivity index (χ2v) is 6.33. The third kappa shape index (κ3) is 3.72. The monoisotopic (exact) mass is 336 g/mol. The van der Waals surface area contributed by atoms with Gasteiger partial charge in [-0.2, -0.15) is 0 Å². The molecule has 1 aliphatic rings. The van der Waals surface area contributed by atoms with Gasteiger partial charge in [0.15, 0.2) is 0 Å². The number of ether oxygens (including phenoxy) is 1. The van der Waals surface area contributed by atoms with Gasteiger partial charge in [-0.3, -0.25) is 18.9 Å². The average Bonchev–Trinajstić information content (AvgIpc) is 2.73. The summed E-state index contributed by atoms with van der Waals surface area (Å²) in [6.07, 6.45) is -2.73. The van der Waals surface area contributed by atoms with Gasteiger partial charge in [-0.15, -0.1) is 0 Å². The molecule has 4 N–H and O–H groups in total. The molecule has 0 spiro atoms. The highest BCUT2D eigenvalue weighted by Gasteiger charge is 2.41. The maximum absolute atomic E-state index is 11.8. The number of hydrogen-bond donors (Lipinski definition) is 4. The molecule has 1 aromatic heterocycles. The first kappa shape index (κ1) is 17.1. The Hall–Kier alpha value is -1.29. The Morgan fingerprint density at radius 2 is 2.14 bits per heavy atom. The van der Waals surface area contributed by atoms with E-state index in [4.69, 9.17) is 14.5 Å².